The van der Waals surface area contributed by atoms with Crippen molar-refractivity contribution in [3.8, 4) is 0 Å². The van der Waals surface area contributed by atoms with Crippen molar-refractivity contribution < 1.29 is 9.18 Å². The van der Waals surface area contributed by atoms with E-state index in [1.807, 2.05) is 35.0 Å². The van der Waals surface area contributed by atoms with E-state index in [9.17, 15) is 9.18 Å². The Hall–Kier alpha value is -2.16. The fourth-order valence-electron chi connectivity index (χ4n) is 3.17. The van der Waals surface area contributed by atoms with Crippen molar-refractivity contribution in [2.75, 3.05) is 32.1 Å². The molecule has 27 heavy (non-hydrogen) atoms. The van der Waals surface area contributed by atoms with Gasteiger partial charge in [-0.25, -0.2) is 4.39 Å². The van der Waals surface area contributed by atoms with E-state index in [1.54, 1.807) is 19.2 Å². The summed E-state index contributed by atoms with van der Waals surface area (Å²) in [5.74, 6) is 0.386. The number of rotatable bonds is 4. The predicted molar refractivity (Wildman–Crippen MR) is 117 cm³/mol. The maximum Gasteiger partial charge on any atom is 0.246 e. The number of para-hydroxylation sites is 1. The highest BCUT2D eigenvalue weighted by atomic mass is 127. The number of hydrogen-bond donors (Lipinski definition) is 1. The third-order valence-corrected chi connectivity index (χ3v) is 4.49. The molecular weight excluding hydrogens is 458 g/mol. The minimum Gasteiger partial charge on any atom is -0.347 e. The predicted octanol–water partition coefficient (Wildman–Crippen LogP) is 3.04. The quantitative estimate of drug-likeness (QED) is 0.414. The monoisotopic (exact) mass is 482 g/mol. The van der Waals surface area contributed by atoms with E-state index in [0.717, 1.165) is 17.7 Å². The van der Waals surface area contributed by atoms with Crippen LogP contribution in [0.2, 0.25) is 0 Å². The summed E-state index contributed by atoms with van der Waals surface area (Å²) in [4.78, 5) is 20.5. The van der Waals surface area contributed by atoms with Crippen LogP contribution in [0.25, 0.3) is 0 Å². The number of guanidine groups is 1. The molecule has 5 nitrogen and oxygen atoms in total. The van der Waals surface area contributed by atoms with Crippen LogP contribution in [-0.4, -0.2) is 44.0 Å². The number of benzene rings is 2. The molecule has 7 heteroatoms. The van der Waals surface area contributed by atoms with Gasteiger partial charge in [0, 0.05) is 32.9 Å². The Kier molecular flexibility index (Phi) is 7.58. The maximum atomic E-state index is 13.0. The van der Waals surface area contributed by atoms with Gasteiger partial charge in [0.05, 0.1) is 6.54 Å². The number of amides is 1. The molecule has 0 aromatic heterocycles. The summed E-state index contributed by atoms with van der Waals surface area (Å²) < 4.78 is 13.0. The molecule has 0 saturated carbocycles. The second kappa shape index (κ2) is 9.68. The van der Waals surface area contributed by atoms with Crippen LogP contribution in [0.4, 0.5) is 10.1 Å². The number of halogens is 2. The Morgan fingerprint density at radius 1 is 1.22 bits per heavy atom. The highest BCUT2D eigenvalue weighted by molar-refractivity contribution is 14.0. The van der Waals surface area contributed by atoms with Crippen LogP contribution in [0.15, 0.2) is 53.5 Å². The minimum atomic E-state index is -0.254. The summed E-state index contributed by atoms with van der Waals surface area (Å²) in [6.07, 6.45) is 0.890. The molecular formula is C20H24FIN4O. The van der Waals surface area contributed by atoms with Crippen LogP contribution < -0.4 is 10.2 Å². The van der Waals surface area contributed by atoms with E-state index in [-0.39, 0.29) is 42.2 Å². The molecule has 0 spiro atoms. The number of fused-ring (bicyclic) bond motifs is 1. The highest BCUT2D eigenvalue weighted by Gasteiger charge is 2.24. The summed E-state index contributed by atoms with van der Waals surface area (Å²) in [7, 11) is 3.56. The van der Waals surface area contributed by atoms with Crippen LogP contribution in [0.1, 0.15) is 11.1 Å². The van der Waals surface area contributed by atoms with Gasteiger partial charge in [-0.15, -0.1) is 24.0 Å². The molecule has 0 saturated heterocycles. The summed E-state index contributed by atoms with van der Waals surface area (Å²) in [5.41, 5.74) is 3.17. The third kappa shape index (κ3) is 5.18. The van der Waals surface area contributed by atoms with E-state index in [2.05, 4.69) is 16.4 Å². The lowest BCUT2D eigenvalue weighted by Gasteiger charge is -2.23. The molecule has 0 atom stereocenters. The number of carbonyl (C=O) groups is 1. The molecule has 3 rings (SSSR count). The van der Waals surface area contributed by atoms with Crippen molar-refractivity contribution in [2.24, 2.45) is 4.99 Å². The highest BCUT2D eigenvalue weighted by Crippen LogP contribution is 2.27. The molecule has 2 aromatic rings. The zero-order valence-corrected chi connectivity index (χ0v) is 17.8. The van der Waals surface area contributed by atoms with E-state index >= 15 is 0 Å². The molecule has 0 bridgehead atoms. The maximum absolute atomic E-state index is 13.0. The van der Waals surface area contributed by atoms with Gasteiger partial charge in [-0.3, -0.25) is 9.79 Å². The van der Waals surface area contributed by atoms with Crippen LogP contribution in [0.3, 0.4) is 0 Å². The largest absolute Gasteiger partial charge is 0.347 e. The Morgan fingerprint density at radius 3 is 2.63 bits per heavy atom. The summed E-state index contributed by atoms with van der Waals surface area (Å²) >= 11 is 0. The zero-order chi connectivity index (χ0) is 18.5. The second-order valence-electron chi connectivity index (χ2n) is 6.31. The van der Waals surface area contributed by atoms with Crippen molar-refractivity contribution in [3.63, 3.8) is 0 Å². The van der Waals surface area contributed by atoms with Crippen LogP contribution >= 0.6 is 24.0 Å². The molecule has 1 amide bonds. The first-order valence-corrected chi connectivity index (χ1v) is 8.63. The molecule has 1 aliphatic rings. The van der Waals surface area contributed by atoms with Gasteiger partial charge in [-0.2, -0.15) is 0 Å². The third-order valence-electron chi connectivity index (χ3n) is 4.49. The fraction of sp³-hybridized carbons (Fsp3) is 0.300. The summed E-state index contributed by atoms with van der Waals surface area (Å²) in [6.45, 7) is 1.46. The van der Waals surface area contributed by atoms with Gasteiger partial charge in [-0.05, 0) is 35.7 Å². The first-order chi connectivity index (χ1) is 12.6. The molecule has 0 fully saturated rings. The van der Waals surface area contributed by atoms with Crippen molar-refractivity contribution in [3.05, 3.63) is 65.5 Å². The molecule has 0 unspecified atom stereocenters. The first-order valence-electron chi connectivity index (χ1n) is 8.63. The minimum absolute atomic E-state index is 0. The van der Waals surface area contributed by atoms with Gasteiger partial charge in [0.15, 0.2) is 5.96 Å². The van der Waals surface area contributed by atoms with Gasteiger partial charge in [0.1, 0.15) is 5.82 Å². The van der Waals surface area contributed by atoms with E-state index in [4.69, 9.17) is 0 Å². The Balaban J connectivity index is 0.00000261. The second-order valence-corrected chi connectivity index (χ2v) is 6.31. The van der Waals surface area contributed by atoms with Crippen LogP contribution in [-0.2, 0) is 17.8 Å². The average Bonchev–Trinajstić information content (AvgIpc) is 3.08. The first kappa shape index (κ1) is 21.1. The lowest BCUT2D eigenvalue weighted by molar-refractivity contribution is -0.117. The number of anilines is 1. The molecule has 1 N–H and O–H groups in total. The fourth-order valence-corrected chi connectivity index (χ4v) is 3.17. The van der Waals surface area contributed by atoms with Crippen LogP contribution in [0, 0.1) is 5.82 Å². The number of hydrogen-bond acceptors (Lipinski definition) is 2. The van der Waals surface area contributed by atoms with Gasteiger partial charge < -0.3 is 15.1 Å². The molecule has 0 aliphatic carbocycles. The van der Waals surface area contributed by atoms with Crippen molar-refractivity contribution in [2.45, 2.75) is 13.0 Å². The summed E-state index contributed by atoms with van der Waals surface area (Å²) in [6, 6.07) is 14.4. The van der Waals surface area contributed by atoms with Crippen molar-refractivity contribution in [1.29, 1.82) is 0 Å². The SMILES string of the molecule is CN=C(NCC(=O)N1CCc2ccccc21)N(C)Cc1ccc(F)cc1.I. The van der Waals surface area contributed by atoms with Gasteiger partial charge in [0.25, 0.3) is 0 Å². The van der Waals surface area contributed by atoms with E-state index in [1.165, 1.54) is 17.7 Å². The molecule has 2 aromatic carbocycles. The number of nitrogens with zero attached hydrogens (tertiary/aromatic N) is 3. The Bertz CT molecular complexity index is 810. The molecule has 144 valence electrons. The molecule has 1 heterocycles. The van der Waals surface area contributed by atoms with Crippen molar-refractivity contribution in [1.82, 2.24) is 10.2 Å². The van der Waals surface area contributed by atoms with Gasteiger partial charge in [0.2, 0.25) is 5.91 Å². The standard InChI is InChI=1S/C20H23FN4O.HI/c1-22-20(24(2)14-15-7-9-17(21)10-8-15)23-13-19(26)25-12-11-16-5-3-4-6-18(16)25;/h3-10H,11-14H2,1-2H3,(H,22,23);1H. The van der Waals surface area contributed by atoms with Gasteiger partial charge >= 0.3 is 0 Å². The Labute approximate surface area is 176 Å². The lowest BCUT2D eigenvalue weighted by Crippen LogP contribution is -2.44. The van der Waals surface area contributed by atoms with Crippen LogP contribution in [0.5, 0.6) is 0 Å². The number of aliphatic imine (C=N–C) groups is 1. The van der Waals surface area contributed by atoms with Gasteiger partial charge in [-0.1, -0.05) is 30.3 Å². The van der Waals surface area contributed by atoms with E-state index in [0.29, 0.717) is 19.0 Å². The molecule has 1 aliphatic heterocycles. The smallest absolute Gasteiger partial charge is 0.246 e. The normalized spacial score (nSPS) is 13.0. The number of carbonyl (C=O) groups excluding carboxylic acids is 1. The van der Waals surface area contributed by atoms with Crippen molar-refractivity contribution >= 4 is 41.5 Å². The average molecular weight is 482 g/mol. The molecule has 0 radical (unpaired) electrons. The van der Waals surface area contributed by atoms with E-state index < -0.39 is 0 Å². The Morgan fingerprint density at radius 2 is 1.93 bits per heavy atom. The lowest BCUT2D eigenvalue weighted by atomic mass is 10.2. The number of nitrogens with one attached hydrogen (secondary N) is 1. The zero-order valence-electron chi connectivity index (χ0n) is 15.5. The summed E-state index contributed by atoms with van der Waals surface area (Å²) in [5, 5.41) is 3.12. The topological polar surface area (TPSA) is 47.9 Å².